The number of anilines is 1. The molecular formula is C28H31N3O6. The van der Waals surface area contributed by atoms with E-state index >= 15 is 0 Å². The number of carbonyl (C=O) groups is 2. The number of aryl methyl sites for hydroxylation is 1. The maximum Gasteiger partial charge on any atom is 0.322 e. The summed E-state index contributed by atoms with van der Waals surface area (Å²) >= 11 is 0. The van der Waals surface area contributed by atoms with E-state index in [1.165, 1.54) is 4.90 Å². The molecule has 1 atom stereocenters. The number of hydrogen-bond acceptors (Lipinski definition) is 6. The summed E-state index contributed by atoms with van der Waals surface area (Å²) in [7, 11) is 0. The number of nitrogens with one attached hydrogen (secondary N) is 1. The number of rotatable bonds is 9. The van der Waals surface area contributed by atoms with Gasteiger partial charge in [-0.15, -0.1) is 0 Å². The zero-order chi connectivity index (χ0) is 25.6. The van der Waals surface area contributed by atoms with E-state index in [0.29, 0.717) is 42.6 Å². The number of furan rings is 1. The summed E-state index contributed by atoms with van der Waals surface area (Å²) in [5.74, 6) is 1.79. The van der Waals surface area contributed by atoms with Gasteiger partial charge in [0.15, 0.2) is 11.5 Å². The summed E-state index contributed by atoms with van der Waals surface area (Å²) in [6.07, 6.45) is 3.29. The van der Waals surface area contributed by atoms with Crippen LogP contribution in [0.2, 0.25) is 0 Å². The minimum atomic E-state index is -0.339. The fourth-order valence-electron chi connectivity index (χ4n) is 4.44. The molecule has 0 bridgehead atoms. The number of hydrogen-bond donors (Lipinski definition) is 1. The van der Waals surface area contributed by atoms with Crippen molar-refractivity contribution in [2.75, 3.05) is 31.8 Å². The van der Waals surface area contributed by atoms with Crippen LogP contribution in [0.25, 0.3) is 0 Å². The van der Waals surface area contributed by atoms with E-state index in [9.17, 15) is 9.59 Å². The number of urea groups is 1. The van der Waals surface area contributed by atoms with E-state index in [1.807, 2.05) is 55.5 Å². The Morgan fingerprint density at radius 1 is 1.00 bits per heavy atom. The lowest BCUT2D eigenvalue weighted by molar-refractivity contribution is -0.133. The van der Waals surface area contributed by atoms with Gasteiger partial charge in [0.05, 0.1) is 18.9 Å². The molecule has 5 rings (SSSR count). The average molecular weight is 506 g/mol. The second kappa shape index (κ2) is 11.4. The van der Waals surface area contributed by atoms with Gasteiger partial charge in [-0.05, 0) is 61.7 Å². The molecule has 0 radical (unpaired) electrons. The Balaban J connectivity index is 1.33. The van der Waals surface area contributed by atoms with Gasteiger partial charge in [0, 0.05) is 25.4 Å². The molecule has 1 aromatic heterocycles. The molecule has 194 valence electrons. The van der Waals surface area contributed by atoms with Crippen molar-refractivity contribution in [1.29, 1.82) is 0 Å². The Bertz CT molecular complexity index is 1210. The third-order valence-electron chi connectivity index (χ3n) is 6.45. The first-order chi connectivity index (χ1) is 18.0. The molecule has 2 aliphatic rings. The monoisotopic (exact) mass is 505 g/mol. The molecule has 3 aromatic rings. The van der Waals surface area contributed by atoms with E-state index in [4.69, 9.17) is 18.6 Å². The molecule has 2 aromatic carbocycles. The first-order valence-corrected chi connectivity index (χ1v) is 12.5. The molecule has 2 aliphatic heterocycles. The summed E-state index contributed by atoms with van der Waals surface area (Å²) in [6.45, 7) is 3.67. The fraction of sp³-hybridized carbons (Fsp3) is 0.357. The van der Waals surface area contributed by atoms with Crippen LogP contribution in [0.5, 0.6) is 11.5 Å². The minimum Gasteiger partial charge on any atom is -0.467 e. The molecule has 0 spiro atoms. The van der Waals surface area contributed by atoms with E-state index in [1.54, 1.807) is 17.2 Å². The quantitative estimate of drug-likeness (QED) is 0.458. The van der Waals surface area contributed by atoms with Gasteiger partial charge in [0.1, 0.15) is 12.3 Å². The van der Waals surface area contributed by atoms with Gasteiger partial charge < -0.3 is 33.7 Å². The molecule has 9 nitrogen and oxygen atoms in total. The largest absolute Gasteiger partial charge is 0.467 e. The fourth-order valence-corrected chi connectivity index (χ4v) is 4.44. The summed E-state index contributed by atoms with van der Waals surface area (Å²) in [4.78, 5) is 30.2. The van der Waals surface area contributed by atoms with Gasteiger partial charge in [-0.1, -0.05) is 23.8 Å². The van der Waals surface area contributed by atoms with E-state index in [0.717, 1.165) is 24.0 Å². The number of nitrogens with zero attached hydrogens (tertiary/aromatic N) is 2. The zero-order valence-electron chi connectivity index (χ0n) is 20.9. The van der Waals surface area contributed by atoms with Crippen LogP contribution in [0.15, 0.2) is 65.3 Å². The van der Waals surface area contributed by atoms with Crippen LogP contribution in [-0.4, -0.2) is 54.3 Å². The summed E-state index contributed by atoms with van der Waals surface area (Å²) in [6, 6.07) is 16.5. The first-order valence-electron chi connectivity index (χ1n) is 12.5. The predicted octanol–water partition coefficient (Wildman–Crippen LogP) is 4.56. The molecule has 9 heteroatoms. The van der Waals surface area contributed by atoms with Crippen LogP contribution in [0.1, 0.15) is 29.7 Å². The molecule has 1 fully saturated rings. The topological polar surface area (TPSA) is 93.5 Å². The lowest BCUT2D eigenvalue weighted by atomic mass is 10.1. The third-order valence-corrected chi connectivity index (χ3v) is 6.45. The minimum absolute atomic E-state index is 0.0936. The maximum absolute atomic E-state index is 13.7. The van der Waals surface area contributed by atoms with Crippen molar-refractivity contribution < 1.29 is 28.2 Å². The third kappa shape index (κ3) is 6.42. The predicted molar refractivity (Wildman–Crippen MR) is 136 cm³/mol. The molecular weight excluding hydrogens is 474 g/mol. The lowest BCUT2D eigenvalue weighted by Gasteiger charge is -2.29. The average Bonchev–Trinajstić information content (AvgIpc) is 3.68. The maximum atomic E-state index is 13.7. The molecule has 3 amide bonds. The van der Waals surface area contributed by atoms with Crippen molar-refractivity contribution in [2.24, 2.45) is 0 Å². The van der Waals surface area contributed by atoms with Crippen molar-refractivity contribution in [2.45, 2.75) is 39.0 Å². The van der Waals surface area contributed by atoms with Gasteiger partial charge in [0.25, 0.3) is 0 Å². The van der Waals surface area contributed by atoms with Crippen LogP contribution in [0.4, 0.5) is 10.5 Å². The summed E-state index contributed by atoms with van der Waals surface area (Å²) in [5, 5.41) is 2.92. The molecule has 1 N–H and O–H groups in total. The normalized spacial score (nSPS) is 16.0. The van der Waals surface area contributed by atoms with Gasteiger partial charge in [0.2, 0.25) is 12.7 Å². The molecule has 1 saturated heterocycles. The van der Waals surface area contributed by atoms with Crippen LogP contribution in [0.3, 0.4) is 0 Å². The van der Waals surface area contributed by atoms with Crippen LogP contribution >= 0.6 is 0 Å². The van der Waals surface area contributed by atoms with Crippen molar-refractivity contribution in [3.63, 3.8) is 0 Å². The molecule has 0 aliphatic carbocycles. The Morgan fingerprint density at radius 2 is 1.84 bits per heavy atom. The van der Waals surface area contributed by atoms with E-state index in [-0.39, 0.29) is 37.9 Å². The number of carbonyl (C=O) groups excluding carboxylic acids is 2. The van der Waals surface area contributed by atoms with Crippen molar-refractivity contribution in [3.8, 4) is 11.5 Å². The molecule has 1 unspecified atom stereocenters. The highest BCUT2D eigenvalue weighted by molar-refractivity contribution is 5.92. The molecule has 3 heterocycles. The highest BCUT2D eigenvalue weighted by Gasteiger charge is 2.27. The number of ether oxygens (including phenoxy) is 3. The van der Waals surface area contributed by atoms with Crippen molar-refractivity contribution >= 4 is 17.6 Å². The van der Waals surface area contributed by atoms with E-state index in [2.05, 4.69) is 5.32 Å². The SMILES string of the molecule is Cc1ccc(NC(=O)N(CC(=O)N(Cc2ccc3c(c2)OCO3)Cc2ccco2)CC2CCCO2)cc1. The van der Waals surface area contributed by atoms with E-state index < -0.39 is 0 Å². The van der Waals surface area contributed by atoms with Crippen LogP contribution < -0.4 is 14.8 Å². The van der Waals surface area contributed by atoms with Gasteiger partial charge in [-0.25, -0.2) is 4.79 Å². The van der Waals surface area contributed by atoms with Crippen LogP contribution in [-0.2, 0) is 22.6 Å². The van der Waals surface area contributed by atoms with Gasteiger partial charge >= 0.3 is 6.03 Å². The van der Waals surface area contributed by atoms with Crippen molar-refractivity contribution in [3.05, 3.63) is 77.7 Å². The lowest BCUT2D eigenvalue weighted by Crippen LogP contribution is -2.46. The van der Waals surface area contributed by atoms with Crippen molar-refractivity contribution in [1.82, 2.24) is 9.80 Å². The standard InChI is InChI=1S/C28H31N3O6/c1-20-6-9-22(10-7-20)29-28(33)31(17-24-5-3-13-35-24)18-27(32)30(16-23-4-2-12-34-23)15-21-8-11-25-26(14-21)37-19-36-25/h2,4,6-12,14,24H,3,5,13,15-19H2,1H3,(H,29,33). The molecule has 0 saturated carbocycles. The highest BCUT2D eigenvalue weighted by atomic mass is 16.7. The zero-order valence-corrected chi connectivity index (χ0v) is 20.9. The second-order valence-electron chi connectivity index (χ2n) is 9.33. The van der Waals surface area contributed by atoms with Gasteiger partial charge in [-0.3, -0.25) is 4.79 Å². The Hall–Kier alpha value is -3.98. The first kappa shape index (κ1) is 24.7. The number of benzene rings is 2. The second-order valence-corrected chi connectivity index (χ2v) is 9.33. The highest BCUT2D eigenvalue weighted by Crippen LogP contribution is 2.33. The van der Waals surface area contributed by atoms with Gasteiger partial charge in [-0.2, -0.15) is 0 Å². The number of amides is 3. The molecule has 37 heavy (non-hydrogen) atoms. The Labute approximate surface area is 215 Å². The Kier molecular flexibility index (Phi) is 7.60. The van der Waals surface area contributed by atoms with Crippen LogP contribution in [0, 0.1) is 6.92 Å². The summed E-state index contributed by atoms with van der Waals surface area (Å²) in [5.41, 5.74) is 2.66. The smallest absolute Gasteiger partial charge is 0.322 e. The number of fused-ring (bicyclic) bond motifs is 1. The summed E-state index contributed by atoms with van der Waals surface area (Å²) < 4.78 is 22.2. The Morgan fingerprint density at radius 3 is 2.59 bits per heavy atom.